The lowest BCUT2D eigenvalue weighted by Gasteiger charge is -2.28. The second-order valence-electron chi connectivity index (χ2n) is 8.29. The number of pyridine rings is 1. The van der Waals surface area contributed by atoms with Gasteiger partial charge in [-0.3, -0.25) is 4.98 Å². The number of benzene rings is 2. The van der Waals surface area contributed by atoms with E-state index in [1.165, 1.54) is 18.2 Å². The van der Waals surface area contributed by atoms with Crippen LogP contribution in [0, 0.1) is 0 Å². The van der Waals surface area contributed by atoms with Gasteiger partial charge in [0.1, 0.15) is 5.82 Å². The molecule has 5 rings (SSSR count). The molecule has 0 bridgehead atoms. The Balaban J connectivity index is 1.65. The fourth-order valence-electron chi connectivity index (χ4n) is 4.68. The molecular formula is C26H26N4O2. The minimum atomic E-state index is -0.293. The SMILES string of the molecule is COC(=O)N1CCc2ccc3c(nc(-c4ccncc4)n3[C@H](C)Cc3ccccc3)c2C1. The van der Waals surface area contributed by atoms with Crippen molar-refractivity contribution in [1.29, 1.82) is 0 Å². The predicted molar refractivity (Wildman–Crippen MR) is 124 cm³/mol. The number of hydrogen-bond donors (Lipinski definition) is 0. The maximum atomic E-state index is 12.2. The highest BCUT2D eigenvalue weighted by atomic mass is 16.5. The summed E-state index contributed by atoms with van der Waals surface area (Å²) in [6.45, 7) is 3.41. The second-order valence-corrected chi connectivity index (χ2v) is 8.29. The van der Waals surface area contributed by atoms with Crippen LogP contribution in [-0.2, 0) is 24.1 Å². The quantitative estimate of drug-likeness (QED) is 0.459. The third-order valence-electron chi connectivity index (χ3n) is 6.25. The molecule has 1 amide bonds. The number of methoxy groups -OCH3 is 1. The average Bonchev–Trinajstić information content (AvgIpc) is 3.25. The first-order valence-electron chi connectivity index (χ1n) is 11.0. The van der Waals surface area contributed by atoms with Crippen molar-refractivity contribution in [3.8, 4) is 11.4 Å². The Labute approximate surface area is 187 Å². The molecule has 2 aromatic heterocycles. The van der Waals surface area contributed by atoms with Gasteiger partial charge in [0.25, 0.3) is 0 Å². The molecule has 0 N–H and O–H groups in total. The highest BCUT2D eigenvalue weighted by Crippen LogP contribution is 2.34. The van der Waals surface area contributed by atoms with E-state index in [1.54, 1.807) is 17.3 Å². The van der Waals surface area contributed by atoms with E-state index in [-0.39, 0.29) is 12.1 Å². The van der Waals surface area contributed by atoms with Crippen LogP contribution in [0.25, 0.3) is 22.4 Å². The molecule has 1 aliphatic heterocycles. The summed E-state index contributed by atoms with van der Waals surface area (Å²) in [4.78, 5) is 23.3. The fourth-order valence-corrected chi connectivity index (χ4v) is 4.68. The number of nitrogens with zero attached hydrogens (tertiary/aromatic N) is 4. The Kier molecular flexibility index (Phi) is 5.35. The molecule has 3 heterocycles. The summed E-state index contributed by atoms with van der Waals surface area (Å²) >= 11 is 0. The Morgan fingerprint density at radius 2 is 1.88 bits per heavy atom. The molecule has 162 valence electrons. The number of carbonyl (C=O) groups is 1. The zero-order valence-electron chi connectivity index (χ0n) is 18.4. The Hall–Kier alpha value is -3.67. The Bertz CT molecular complexity index is 1250. The van der Waals surface area contributed by atoms with Crippen LogP contribution in [0.15, 0.2) is 67.0 Å². The standard InChI is InChI=1S/C26H26N4O2/c1-18(16-19-6-4-3-5-7-19)30-23-9-8-20-12-15-29(26(31)32-2)17-22(20)24(23)28-25(30)21-10-13-27-14-11-21/h3-11,13-14,18H,12,15-17H2,1-2H3/t18-/m1/s1. The largest absolute Gasteiger partial charge is 0.453 e. The summed E-state index contributed by atoms with van der Waals surface area (Å²) in [5.41, 5.74) is 6.73. The summed E-state index contributed by atoms with van der Waals surface area (Å²) in [7, 11) is 1.43. The number of carbonyl (C=O) groups excluding carboxylic acids is 1. The smallest absolute Gasteiger partial charge is 0.409 e. The van der Waals surface area contributed by atoms with Crippen molar-refractivity contribution >= 4 is 17.1 Å². The van der Waals surface area contributed by atoms with Crippen molar-refractivity contribution in [2.75, 3.05) is 13.7 Å². The molecule has 0 unspecified atom stereocenters. The monoisotopic (exact) mass is 426 g/mol. The van der Waals surface area contributed by atoms with Gasteiger partial charge in [0.05, 0.1) is 24.7 Å². The maximum absolute atomic E-state index is 12.2. The molecule has 0 spiro atoms. The van der Waals surface area contributed by atoms with Crippen LogP contribution in [0.1, 0.15) is 29.7 Å². The molecule has 32 heavy (non-hydrogen) atoms. The van der Waals surface area contributed by atoms with Gasteiger partial charge < -0.3 is 14.2 Å². The average molecular weight is 427 g/mol. The summed E-state index contributed by atoms with van der Waals surface area (Å²) in [6.07, 6.45) is 5.01. The summed E-state index contributed by atoms with van der Waals surface area (Å²) in [6, 6.07) is 19.1. The van der Waals surface area contributed by atoms with Crippen LogP contribution in [0.2, 0.25) is 0 Å². The van der Waals surface area contributed by atoms with Crippen LogP contribution in [0.3, 0.4) is 0 Å². The molecule has 6 nitrogen and oxygen atoms in total. The highest BCUT2D eigenvalue weighted by Gasteiger charge is 2.26. The third-order valence-corrected chi connectivity index (χ3v) is 6.25. The van der Waals surface area contributed by atoms with Crippen molar-refractivity contribution < 1.29 is 9.53 Å². The van der Waals surface area contributed by atoms with Gasteiger partial charge >= 0.3 is 6.09 Å². The Morgan fingerprint density at radius 3 is 2.62 bits per heavy atom. The molecule has 0 radical (unpaired) electrons. The van der Waals surface area contributed by atoms with Crippen molar-refractivity contribution in [2.45, 2.75) is 32.4 Å². The van der Waals surface area contributed by atoms with E-state index in [0.29, 0.717) is 13.1 Å². The van der Waals surface area contributed by atoms with E-state index in [9.17, 15) is 4.79 Å². The van der Waals surface area contributed by atoms with Gasteiger partial charge in [0.2, 0.25) is 0 Å². The molecule has 4 aromatic rings. The van der Waals surface area contributed by atoms with Crippen molar-refractivity contribution in [2.24, 2.45) is 0 Å². The van der Waals surface area contributed by atoms with Crippen molar-refractivity contribution in [1.82, 2.24) is 19.4 Å². The van der Waals surface area contributed by atoms with Crippen molar-refractivity contribution in [3.05, 3.63) is 83.7 Å². The molecule has 0 fully saturated rings. The van der Waals surface area contributed by atoms with Gasteiger partial charge in [-0.15, -0.1) is 0 Å². The van der Waals surface area contributed by atoms with E-state index in [2.05, 4.69) is 52.9 Å². The number of rotatable bonds is 4. The molecular weight excluding hydrogens is 400 g/mol. The lowest BCUT2D eigenvalue weighted by Crippen LogP contribution is -2.35. The van der Waals surface area contributed by atoms with Gasteiger partial charge in [-0.1, -0.05) is 36.4 Å². The van der Waals surface area contributed by atoms with E-state index < -0.39 is 0 Å². The zero-order chi connectivity index (χ0) is 22.1. The number of hydrogen-bond acceptors (Lipinski definition) is 4. The minimum absolute atomic E-state index is 0.198. The van der Waals surface area contributed by atoms with Crippen LogP contribution in [-0.4, -0.2) is 39.2 Å². The minimum Gasteiger partial charge on any atom is -0.453 e. The molecule has 1 aliphatic rings. The van der Waals surface area contributed by atoms with Gasteiger partial charge in [-0.2, -0.15) is 0 Å². The molecule has 2 aromatic carbocycles. The normalized spacial score (nSPS) is 14.2. The first-order chi connectivity index (χ1) is 15.7. The van der Waals surface area contributed by atoms with Crippen LogP contribution in [0.4, 0.5) is 4.79 Å². The van der Waals surface area contributed by atoms with E-state index >= 15 is 0 Å². The lowest BCUT2D eigenvalue weighted by atomic mass is 9.98. The molecule has 6 heteroatoms. The summed E-state index contributed by atoms with van der Waals surface area (Å²) < 4.78 is 7.30. The van der Waals surface area contributed by atoms with Crippen LogP contribution >= 0.6 is 0 Å². The maximum Gasteiger partial charge on any atom is 0.409 e. The topological polar surface area (TPSA) is 60.2 Å². The summed E-state index contributed by atoms with van der Waals surface area (Å²) in [5, 5.41) is 0. The van der Waals surface area contributed by atoms with E-state index in [0.717, 1.165) is 40.8 Å². The highest BCUT2D eigenvalue weighted by molar-refractivity contribution is 5.85. The van der Waals surface area contributed by atoms with Crippen LogP contribution < -0.4 is 0 Å². The van der Waals surface area contributed by atoms with Gasteiger partial charge in [-0.05, 0) is 49.1 Å². The van der Waals surface area contributed by atoms with E-state index in [1.807, 2.05) is 18.2 Å². The first-order valence-corrected chi connectivity index (χ1v) is 11.0. The molecule has 0 saturated heterocycles. The first kappa shape index (κ1) is 20.2. The molecule has 0 saturated carbocycles. The second kappa shape index (κ2) is 8.46. The predicted octanol–water partition coefficient (Wildman–Crippen LogP) is 5.03. The number of imidazole rings is 1. The van der Waals surface area contributed by atoms with E-state index in [4.69, 9.17) is 9.72 Å². The zero-order valence-corrected chi connectivity index (χ0v) is 18.4. The van der Waals surface area contributed by atoms with Gasteiger partial charge in [0.15, 0.2) is 0 Å². The number of amides is 1. The fraction of sp³-hybridized carbons (Fsp3) is 0.269. The Morgan fingerprint density at radius 1 is 1.09 bits per heavy atom. The summed E-state index contributed by atoms with van der Waals surface area (Å²) in [5.74, 6) is 0.925. The lowest BCUT2D eigenvalue weighted by molar-refractivity contribution is 0.119. The van der Waals surface area contributed by atoms with Gasteiger partial charge in [0, 0.05) is 36.1 Å². The van der Waals surface area contributed by atoms with Crippen LogP contribution in [0.5, 0.6) is 0 Å². The third kappa shape index (κ3) is 3.62. The number of fused-ring (bicyclic) bond motifs is 3. The molecule has 1 atom stereocenters. The molecule has 0 aliphatic carbocycles. The van der Waals surface area contributed by atoms with Crippen molar-refractivity contribution in [3.63, 3.8) is 0 Å². The van der Waals surface area contributed by atoms with Gasteiger partial charge in [-0.25, -0.2) is 9.78 Å². The number of aromatic nitrogens is 3. The number of ether oxygens (including phenoxy) is 1.